The van der Waals surface area contributed by atoms with Crippen LogP contribution in [0.1, 0.15) is 33.2 Å². The molecule has 3 rings (SSSR count). The molecular formula is C24H26ClFN2O5S. The number of benzene rings is 3. The number of nitrogens with two attached hydrogens (primary N) is 1. The fourth-order valence-electron chi connectivity index (χ4n) is 3.36. The number of sulfone groups is 1. The Bertz CT molecular complexity index is 1270. The highest BCUT2D eigenvalue weighted by atomic mass is 35.5. The molecule has 0 fully saturated rings. The Kier molecular flexibility index (Phi) is 9.17. The lowest BCUT2D eigenvalue weighted by Gasteiger charge is -2.13. The Balaban J connectivity index is 0.00000408. The summed E-state index contributed by atoms with van der Waals surface area (Å²) >= 11 is 0. The molecule has 0 bridgehead atoms. The smallest absolute Gasteiger partial charge is 0.252 e. The van der Waals surface area contributed by atoms with Crippen LogP contribution in [0.4, 0.5) is 4.39 Å². The van der Waals surface area contributed by atoms with Crippen LogP contribution in [0.2, 0.25) is 0 Å². The molecule has 0 saturated heterocycles. The zero-order valence-electron chi connectivity index (χ0n) is 18.4. The van der Waals surface area contributed by atoms with Crippen molar-refractivity contribution in [3.8, 4) is 5.75 Å². The lowest BCUT2D eigenvalue weighted by Crippen LogP contribution is -2.23. The third kappa shape index (κ3) is 6.32. The first-order valence-electron chi connectivity index (χ1n) is 10.2. The first-order chi connectivity index (χ1) is 15.6. The third-order valence-electron chi connectivity index (χ3n) is 5.25. The van der Waals surface area contributed by atoms with E-state index in [9.17, 15) is 27.8 Å². The molecule has 10 heteroatoms. The maximum absolute atomic E-state index is 13.2. The van der Waals surface area contributed by atoms with Crippen molar-refractivity contribution in [2.75, 3.05) is 13.1 Å². The molecule has 182 valence electrons. The summed E-state index contributed by atoms with van der Waals surface area (Å²) in [6, 6.07) is 14.5. The molecule has 5 N–H and O–H groups in total. The van der Waals surface area contributed by atoms with E-state index in [1.807, 2.05) is 0 Å². The summed E-state index contributed by atoms with van der Waals surface area (Å²) < 4.78 is 39.2. The third-order valence-corrected chi connectivity index (χ3v) is 6.99. The lowest BCUT2D eigenvalue weighted by atomic mass is 10.1. The van der Waals surface area contributed by atoms with Gasteiger partial charge in [-0.15, -0.1) is 12.4 Å². The number of carbonyl (C=O) groups excluding carboxylic acids is 1. The van der Waals surface area contributed by atoms with Crippen LogP contribution >= 0.6 is 12.4 Å². The topological polar surface area (TPSA) is 130 Å². The van der Waals surface area contributed by atoms with E-state index in [1.54, 1.807) is 18.2 Å². The number of hydrogen-bond acceptors (Lipinski definition) is 6. The van der Waals surface area contributed by atoms with Crippen molar-refractivity contribution in [1.29, 1.82) is 0 Å². The van der Waals surface area contributed by atoms with E-state index in [0.29, 0.717) is 18.5 Å². The van der Waals surface area contributed by atoms with Crippen molar-refractivity contribution in [1.82, 2.24) is 5.32 Å². The normalized spacial score (nSPS) is 12.1. The number of aryl methyl sites for hydroxylation is 1. The summed E-state index contributed by atoms with van der Waals surface area (Å²) in [4.78, 5) is 11.4. The standard InChI is InChI=1S/C24H25FN2O5S.ClH/c1-15-11-20(13-21(23(15)29)24(26)30)33(31,32)19-7-5-16(6-8-19)9-10-27-14-22(28)17-3-2-4-18(25)12-17;/h2-8,11-13,22,27-29H,9-10,14H2,1H3,(H2,26,30);1H/t22-;/m0./s1. The Morgan fingerprint density at radius 1 is 1.09 bits per heavy atom. The minimum absolute atomic E-state index is 0. The van der Waals surface area contributed by atoms with E-state index in [0.717, 1.165) is 11.6 Å². The fourth-order valence-corrected chi connectivity index (χ4v) is 4.74. The van der Waals surface area contributed by atoms with Gasteiger partial charge in [0.05, 0.1) is 21.5 Å². The van der Waals surface area contributed by atoms with Crippen LogP contribution in [0.15, 0.2) is 70.5 Å². The Hall–Kier alpha value is -2.98. The van der Waals surface area contributed by atoms with Gasteiger partial charge in [0.15, 0.2) is 0 Å². The van der Waals surface area contributed by atoms with Crippen LogP contribution < -0.4 is 11.1 Å². The number of aliphatic hydroxyl groups excluding tert-OH is 1. The molecule has 3 aromatic rings. The summed E-state index contributed by atoms with van der Waals surface area (Å²) in [6.07, 6.45) is -0.257. The van der Waals surface area contributed by atoms with Gasteiger partial charge in [0.1, 0.15) is 11.6 Å². The largest absolute Gasteiger partial charge is 0.507 e. The highest BCUT2D eigenvalue weighted by Gasteiger charge is 2.22. The van der Waals surface area contributed by atoms with Gasteiger partial charge in [-0.3, -0.25) is 4.79 Å². The van der Waals surface area contributed by atoms with Crippen molar-refractivity contribution in [3.63, 3.8) is 0 Å². The molecule has 0 saturated carbocycles. The molecule has 0 aromatic heterocycles. The van der Waals surface area contributed by atoms with Crippen molar-refractivity contribution in [2.24, 2.45) is 5.73 Å². The summed E-state index contributed by atoms with van der Waals surface area (Å²) in [5.74, 6) is -1.67. The number of carbonyl (C=O) groups is 1. The molecule has 0 aliphatic rings. The Morgan fingerprint density at radius 3 is 2.38 bits per heavy atom. The van der Waals surface area contributed by atoms with Crippen molar-refractivity contribution >= 4 is 28.2 Å². The van der Waals surface area contributed by atoms with Crippen LogP contribution in [-0.2, 0) is 16.3 Å². The van der Waals surface area contributed by atoms with Crippen LogP contribution in [0.3, 0.4) is 0 Å². The van der Waals surface area contributed by atoms with Gasteiger partial charge in [0, 0.05) is 6.54 Å². The number of nitrogens with one attached hydrogen (secondary N) is 1. The second kappa shape index (κ2) is 11.4. The number of aromatic hydroxyl groups is 1. The van der Waals surface area contributed by atoms with Crippen molar-refractivity contribution in [2.45, 2.75) is 29.2 Å². The molecule has 0 unspecified atom stereocenters. The van der Waals surface area contributed by atoms with Crippen molar-refractivity contribution in [3.05, 3.63) is 88.7 Å². The van der Waals surface area contributed by atoms with E-state index in [2.05, 4.69) is 5.32 Å². The van der Waals surface area contributed by atoms with E-state index in [-0.39, 0.29) is 45.6 Å². The Morgan fingerprint density at radius 2 is 1.76 bits per heavy atom. The molecule has 34 heavy (non-hydrogen) atoms. The summed E-state index contributed by atoms with van der Waals surface area (Å²) in [7, 11) is -3.92. The summed E-state index contributed by atoms with van der Waals surface area (Å²) in [5, 5.41) is 23.2. The van der Waals surface area contributed by atoms with Gasteiger partial charge in [-0.2, -0.15) is 0 Å². The van der Waals surface area contributed by atoms with E-state index >= 15 is 0 Å². The van der Waals surface area contributed by atoms with E-state index in [1.165, 1.54) is 43.3 Å². The number of amides is 1. The van der Waals surface area contributed by atoms with Gasteiger partial charge in [-0.05, 0) is 73.0 Å². The van der Waals surface area contributed by atoms with Gasteiger partial charge in [-0.1, -0.05) is 24.3 Å². The average molecular weight is 509 g/mol. The SMILES string of the molecule is Cc1cc(S(=O)(=O)c2ccc(CCNC[C@H](O)c3cccc(F)c3)cc2)cc(C(N)=O)c1O.Cl. The van der Waals surface area contributed by atoms with Gasteiger partial charge < -0.3 is 21.3 Å². The maximum atomic E-state index is 13.2. The minimum Gasteiger partial charge on any atom is -0.507 e. The molecule has 3 aromatic carbocycles. The highest BCUT2D eigenvalue weighted by Crippen LogP contribution is 2.29. The quantitative estimate of drug-likeness (QED) is 0.329. The van der Waals surface area contributed by atoms with Gasteiger partial charge in [0.2, 0.25) is 9.84 Å². The number of hydrogen-bond donors (Lipinski definition) is 4. The van der Waals surface area contributed by atoms with Crippen LogP contribution in [-0.4, -0.2) is 37.6 Å². The second-order valence-electron chi connectivity index (χ2n) is 7.67. The number of primary amides is 1. The lowest BCUT2D eigenvalue weighted by molar-refractivity contribution is 0.0997. The molecule has 7 nitrogen and oxygen atoms in total. The zero-order chi connectivity index (χ0) is 24.2. The predicted octanol–water partition coefficient (Wildman–Crippen LogP) is 3.06. The maximum Gasteiger partial charge on any atom is 0.252 e. The van der Waals surface area contributed by atoms with Crippen LogP contribution in [0, 0.1) is 12.7 Å². The Labute approximate surface area is 203 Å². The first-order valence-corrected chi connectivity index (χ1v) is 11.7. The number of phenols is 1. The monoisotopic (exact) mass is 508 g/mol. The van der Waals surface area contributed by atoms with Gasteiger partial charge in [-0.25, -0.2) is 12.8 Å². The minimum atomic E-state index is -3.92. The van der Waals surface area contributed by atoms with Gasteiger partial charge >= 0.3 is 0 Å². The fraction of sp³-hybridized carbons (Fsp3) is 0.208. The number of aliphatic hydroxyl groups is 1. The molecule has 0 heterocycles. The summed E-state index contributed by atoms with van der Waals surface area (Å²) in [6.45, 7) is 2.26. The molecule has 0 aliphatic heterocycles. The number of halogens is 2. The summed E-state index contributed by atoms with van der Waals surface area (Å²) in [5.41, 5.74) is 6.58. The highest BCUT2D eigenvalue weighted by molar-refractivity contribution is 7.91. The second-order valence-corrected chi connectivity index (χ2v) is 9.62. The zero-order valence-corrected chi connectivity index (χ0v) is 20.0. The first kappa shape index (κ1) is 27.3. The van der Waals surface area contributed by atoms with Crippen molar-refractivity contribution < 1.29 is 27.8 Å². The molecule has 0 radical (unpaired) electrons. The van der Waals surface area contributed by atoms with Crippen LogP contribution in [0.25, 0.3) is 0 Å². The van der Waals surface area contributed by atoms with Gasteiger partial charge in [0.25, 0.3) is 5.91 Å². The molecule has 0 spiro atoms. The predicted molar refractivity (Wildman–Crippen MR) is 128 cm³/mol. The average Bonchev–Trinajstić information content (AvgIpc) is 2.78. The van der Waals surface area contributed by atoms with E-state index in [4.69, 9.17) is 5.73 Å². The van der Waals surface area contributed by atoms with Crippen LogP contribution in [0.5, 0.6) is 5.75 Å². The van der Waals surface area contributed by atoms with E-state index < -0.39 is 27.7 Å². The number of rotatable bonds is 9. The molecule has 0 aliphatic carbocycles. The molecule has 1 amide bonds. The molecule has 1 atom stereocenters. The molecular weight excluding hydrogens is 483 g/mol.